The van der Waals surface area contributed by atoms with Gasteiger partial charge in [-0.3, -0.25) is 20.2 Å². The van der Waals surface area contributed by atoms with E-state index in [-0.39, 0.29) is 57.4 Å². The summed E-state index contributed by atoms with van der Waals surface area (Å²) < 4.78 is 4.43. The van der Waals surface area contributed by atoms with E-state index in [0.29, 0.717) is 11.1 Å². The first-order valence-corrected chi connectivity index (χ1v) is 6.56. The maximum Gasteiger partial charge on any atom is 1.00 e. The van der Waals surface area contributed by atoms with Crippen molar-refractivity contribution in [3.05, 3.63) is 79.9 Å². The molecule has 0 bridgehead atoms. The quantitative estimate of drug-likeness (QED) is 0.323. The molecule has 2 aromatic carbocycles. The van der Waals surface area contributed by atoms with Crippen LogP contribution in [-0.4, -0.2) is 36.4 Å². The van der Waals surface area contributed by atoms with Gasteiger partial charge in [-0.15, -0.1) is 0 Å². The molecule has 0 fully saturated rings. The van der Waals surface area contributed by atoms with Gasteiger partial charge in [0.05, 0.1) is 29.1 Å². The Morgan fingerprint density at radius 2 is 1.38 bits per heavy atom. The number of esters is 1. The molecule has 0 heterocycles. The van der Waals surface area contributed by atoms with Gasteiger partial charge in [0.2, 0.25) is 0 Å². The van der Waals surface area contributed by atoms with E-state index >= 15 is 0 Å². The molecule has 1 N–H and O–H groups in total. The number of nitrogens with zero attached hydrogens (tertiary/aromatic N) is 2. The molecule has 0 atom stereocenters. The Bertz CT molecular complexity index is 730. The molecule has 26 heavy (non-hydrogen) atoms. The van der Waals surface area contributed by atoms with Gasteiger partial charge in [0.25, 0.3) is 11.4 Å². The van der Waals surface area contributed by atoms with Crippen LogP contribution in [0.3, 0.4) is 0 Å². The molecule has 11 heteroatoms. The number of carbonyl (C=O) groups is 1. The Labute approximate surface area is 174 Å². The smallest absolute Gasteiger partial charge is 1.00 e. The third kappa shape index (κ3) is 8.21. The third-order valence-corrected chi connectivity index (χ3v) is 2.83. The van der Waals surface area contributed by atoms with E-state index in [1.807, 2.05) is 0 Å². The van der Waals surface area contributed by atoms with E-state index in [4.69, 9.17) is 5.11 Å². The molecular formula is C15H15BN2NaO7. The Morgan fingerprint density at radius 3 is 1.69 bits per heavy atom. The minimum atomic E-state index is -0.527. The van der Waals surface area contributed by atoms with Crippen molar-refractivity contribution >= 4 is 25.8 Å². The average Bonchev–Trinajstić information content (AvgIpc) is 2.61. The summed E-state index contributed by atoms with van der Waals surface area (Å²) in [7, 11) is 1.25. The molecule has 9 nitrogen and oxygen atoms in total. The van der Waals surface area contributed by atoms with Crippen molar-refractivity contribution in [2.24, 2.45) is 0 Å². The molecule has 0 amide bonds. The van der Waals surface area contributed by atoms with Crippen LogP contribution in [0.4, 0.5) is 11.4 Å². The normalized spacial score (nSPS) is 8.69. The fourth-order valence-electron chi connectivity index (χ4n) is 1.56. The zero-order valence-electron chi connectivity index (χ0n) is 15.2. The Morgan fingerprint density at radius 1 is 1.00 bits per heavy atom. The fourth-order valence-corrected chi connectivity index (χ4v) is 1.56. The summed E-state index contributed by atoms with van der Waals surface area (Å²) in [4.78, 5) is 30.3. The Balaban J connectivity index is -0.000000388. The van der Waals surface area contributed by atoms with Crippen molar-refractivity contribution in [2.45, 2.75) is 6.61 Å². The minimum absolute atomic E-state index is 0. The molecule has 0 aromatic heterocycles. The molecule has 0 saturated carbocycles. The molecule has 3 radical (unpaired) electrons. The third-order valence-electron chi connectivity index (χ3n) is 2.83. The SMILES string of the molecule is COC(=O)c1ccc([N+](=O)[O-])cc1.O=[N+]([O-])c1ccc(CO)cc1.[B].[H-].[Na+]. The van der Waals surface area contributed by atoms with Gasteiger partial charge in [0.1, 0.15) is 0 Å². The van der Waals surface area contributed by atoms with Crippen molar-refractivity contribution in [1.82, 2.24) is 0 Å². The van der Waals surface area contributed by atoms with Gasteiger partial charge >= 0.3 is 35.5 Å². The zero-order chi connectivity index (χ0) is 18.1. The maximum absolute atomic E-state index is 10.9. The van der Waals surface area contributed by atoms with Crippen molar-refractivity contribution in [3.8, 4) is 0 Å². The van der Waals surface area contributed by atoms with Crippen LogP contribution in [-0.2, 0) is 11.3 Å². The number of hydrogen-bond donors (Lipinski definition) is 1. The summed E-state index contributed by atoms with van der Waals surface area (Å²) in [6, 6.07) is 11.0. The van der Waals surface area contributed by atoms with E-state index in [0.717, 1.165) is 0 Å². The summed E-state index contributed by atoms with van der Waals surface area (Å²) in [5, 5.41) is 29.0. The first-order chi connectivity index (χ1) is 11.4. The summed E-state index contributed by atoms with van der Waals surface area (Å²) in [5.74, 6) is -0.505. The van der Waals surface area contributed by atoms with Crippen LogP contribution in [0.15, 0.2) is 48.5 Å². The molecule has 2 aromatic rings. The molecular weight excluding hydrogens is 354 g/mol. The van der Waals surface area contributed by atoms with Crippen molar-refractivity contribution in [1.29, 1.82) is 0 Å². The van der Waals surface area contributed by atoms with Gasteiger partial charge in [-0.25, -0.2) is 4.79 Å². The topological polar surface area (TPSA) is 133 Å². The van der Waals surface area contributed by atoms with Crippen molar-refractivity contribution < 1.29 is 55.5 Å². The summed E-state index contributed by atoms with van der Waals surface area (Å²) >= 11 is 0. The number of methoxy groups -OCH3 is 1. The second-order valence-electron chi connectivity index (χ2n) is 4.38. The average molecular weight is 369 g/mol. The van der Waals surface area contributed by atoms with Gasteiger partial charge in [0.15, 0.2) is 0 Å². The van der Waals surface area contributed by atoms with E-state index in [1.54, 1.807) is 0 Å². The maximum atomic E-state index is 10.9. The monoisotopic (exact) mass is 369 g/mol. The number of aliphatic hydroxyl groups excluding tert-OH is 1. The number of nitro benzene ring substituents is 2. The number of ether oxygens (including phenoxy) is 1. The molecule has 0 aliphatic carbocycles. The van der Waals surface area contributed by atoms with Crippen LogP contribution in [0, 0.1) is 20.2 Å². The molecule has 0 saturated heterocycles. The second kappa shape index (κ2) is 13.0. The van der Waals surface area contributed by atoms with Crippen molar-refractivity contribution in [3.63, 3.8) is 0 Å². The number of carbonyl (C=O) groups excluding carboxylic acids is 1. The summed E-state index contributed by atoms with van der Waals surface area (Å²) in [5.41, 5.74) is 0.971. The Hall–Kier alpha value is -2.27. The number of non-ortho nitro benzene ring substituents is 2. The molecule has 0 aliphatic heterocycles. The van der Waals surface area contributed by atoms with Crippen LogP contribution in [0.5, 0.6) is 0 Å². The van der Waals surface area contributed by atoms with Gasteiger partial charge in [-0.2, -0.15) is 0 Å². The van der Waals surface area contributed by atoms with E-state index in [1.165, 1.54) is 55.6 Å². The van der Waals surface area contributed by atoms with Crippen LogP contribution in [0.2, 0.25) is 0 Å². The van der Waals surface area contributed by atoms with Crippen LogP contribution >= 0.6 is 0 Å². The van der Waals surface area contributed by atoms with Gasteiger partial charge < -0.3 is 11.3 Å². The zero-order valence-corrected chi connectivity index (χ0v) is 16.2. The van der Waals surface area contributed by atoms with Gasteiger partial charge in [-0.1, -0.05) is 0 Å². The molecule has 131 valence electrons. The summed E-state index contributed by atoms with van der Waals surface area (Å²) in [6.07, 6.45) is 0. The Kier molecular flexibility index (Phi) is 13.0. The van der Waals surface area contributed by atoms with E-state index in [2.05, 4.69) is 4.74 Å². The standard InChI is InChI=1S/C8H7NO4.C7H7NO3.B.Na.H/c1-13-8(10)6-2-4-7(5-3-6)9(11)12;9-5-6-1-3-7(4-2-6)8(10)11;;;/h2-5H,1H3;1-4,9H,5H2;;;/q;;;+1;-1. The number of hydrogen-bond acceptors (Lipinski definition) is 7. The van der Waals surface area contributed by atoms with Gasteiger partial charge in [-0.05, 0) is 29.8 Å². The van der Waals surface area contributed by atoms with Gasteiger partial charge in [0, 0.05) is 32.7 Å². The number of benzene rings is 2. The van der Waals surface area contributed by atoms with Crippen LogP contribution in [0.1, 0.15) is 17.3 Å². The second-order valence-corrected chi connectivity index (χ2v) is 4.38. The first-order valence-electron chi connectivity index (χ1n) is 6.56. The molecule has 0 unspecified atom stereocenters. The molecule has 0 aliphatic rings. The van der Waals surface area contributed by atoms with Crippen LogP contribution in [0.25, 0.3) is 0 Å². The van der Waals surface area contributed by atoms with E-state index in [9.17, 15) is 25.0 Å². The minimum Gasteiger partial charge on any atom is -1.00 e. The fraction of sp³-hybridized carbons (Fsp3) is 0.133. The summed E-state index contributed by atoms with van der Waals surface area (Å²) in [6.45, 7) is -0.0853. The molecule has 2 rings (SSSR count). The molecule has 0 spiro atoms. The number of aliphatic hydroxyl groups is 1. The number of nitro groups is 2. The van der Waals surface area contributed by atoms with E-state index < -0.39 is 15.8 Å². The largest absolute Gasteiger partial charge is 1.00 e. The van der Waals surface area contributed by atoms with Crippen LogP contribution < -0.4 is 29.6 Å². The van der Waals surface area contributed by atoms with Crippen molar-refractivity contribution in [2.75, 3.05) is 7.11 Å². The number of rotatable bonds is 4. The predicted octanol–water partition coefficient (Wildman–Crippen LogP) is -0.796. The first kappa shape index (κ1) is 26.0. The predicted molar refractivity (Wildman–Crippen MR) is 90.3 cm³/mol.